The van der Waals surface area contributed by atoms with Crippen LogP contribution in [0, 0.1) is 13.8 Å². The summed E-state index contributed by atoms with van der Waals surface area (Å²) in [5.74, 6) is -0.287. The lowest BCUT2D eigenvalue weighted by Gasteiger charge is -1.90. The molecule has 17 heavy (non-hydrogen) atoms. The zero-order valence-corrected chi connectivity index (χ0v) is 10.9. The maximum Gasteiger partial charge on any atom is 0.313 e. The second-order valence-electron chi connectivity index (χ2n) is 3.30. The normalized spacial score (nSPS) is 10.7. The number of aromatic amines is 1. The fraction of sp³-hybridized carbons (Fsp3) is 0.333. The van der Waals surface area contributed by atoms with Crippen LogP contribution in [0.25, 0.3) is 10.7 Å². The molecular formula is C9H10N4O2S2. The number of thiazole rings is 1. The zero-order chi connectivity index (χ0) is 12.4. The fourth-order valence-corrected chi connectivity index (χ4v) is 2.67. The Hall–Kier alpha value is -1.41. The topological polar surface area (TPSA) is 91.8 Å². The molecule has 2 heterocycles. The van der Waals surface area contributed by atoms with E-state index in [1.807, 2.05) is 13.8 Å². The Balaban J connectivity index is 2.18. The van der Waals surface area contributed by atoms with Gasteiger partial charge in [0, 0.05) is 0 Å². The van der Waals surface area contributed by atoms with Gasteiger partial charge in [0.25, 0.3) is 0 Å². The van der Waals surface area contributed by atoms with Crippen molar-refractivity contribution in [2.45, 2.75) is 19.0 Å². The molecule has 0 aliphatic carbocycles. The first-order valence-corrected chi connectivity index (χ1v) is 6.58. The molecule has 8 heteroatoms. The molecule has 0 aliphatic rings. The van der Waals surface area contributed by atoms with E-state index in [9.17, 15) is 4.79 Å². The lowest BCUT2D eigenvalue weighted by atomic mass is 10.4. The molecule has 0 aliphatic heterocycles. The van der Waals surface area contributed by atoms with Gasteiger partial charge in [0.1, 0.15) is 0 Å². The number of carboxylic acid groups (broad SMARTS) is 1. The second-order valence-corrected chi connectivity index (χ2v) is 5.44. The predicted octanol–water partition coefficient (Wildman–Crippen LogP) is 1.72. The second kappa shape index (κ2) is 4.84. The first kappa shape index (κ1) is 12.1. The van der Waals surface area contributed by atoms with Gasteiger partial charge in [0.2, 0.25) is 5.16 Å². The van der Waals surface area contributed by atoms with Crippen LogP contribution >= 0.6 is 23.1 Å². The highest BCUT2D eigenvalue weighted by Gasteiger charge is 2.13. The Morgan fingerprint density at radius 3 is 2.82 bits per heavy atom. The molecule has 6 nitrogen and oxygen atoms in total. The molecule has 0 saturated heterocycles. The Bertz CT molecular complexity index is 549. The van der Waals surface area contributed by atoms with Crippen LogP contribution < -0.4 is 0 Å². The van der Waals surface area contributed by atoms with E-state index >= 15 is 0 Å². The molecule has 0 amide bonds. The summed E-state index contributed by atoms with van der Waals surface area (Å²) in [5, 5.41) is 16.7. The standard InChI is InChI=1S/C9H10N4O2S2/c1-4-7(17-5(2)10-4)8-11-9(13-12-8)16-3-6(14)15/h3H2,1-2H3,(H,14,15)(H,11,12,13). The molecule has 2 N–H and O–H groups in total. The minimum Gasteiger partial charge on any atom is -0.481 e. The summed E-state index contributed by atoms with van der Waals surface area (Å²) in [4.78, 5) is 19.9. The minimum atomic E-state index is -0.883. The monoisotopic (exact) mass is 270 g/mol. The molecule has 2 aromatic rings. The van der Waals surface area contributed by atoms with Crippen LogP contribution in [0.3, 0.4) is 0 Å². The van der Waals surface area contributed by atoms with Crippen molar-refractivity contribution in [3.8, 4) is 10.7 Å². The average Bonchev–Trinajstić information content (AvgIpc) is 2.82. The van der Waals surface area contributed by atoms with E-state index in [1.165, 1.54) is 11.3 Å². The van der Waals surface area contributed by atoms with Gasteiger partial charge < -0.3 is 5.11 Å². The highest BCUT2D eigenvalue weighted by molar-refractivity contribution is 7.99. The number of thioether (sulfide) groups is 1. The van der Waals surface area contributed by atoms with Gasteiger partial charge in [0.05, 0.1) is 21.3 Å². The first-order valence-electron chi connectivity index (χ1n) is 4.77. The average molecular weight is 270 g/mol. The number of hydrogen-bond donors (Lipinski definition) is 2. The van der Waals surface area contributed by atoms with Crippen LogP contribution in [0.5, 0.6) is 0 Å². The third-order valence-electron chi connectivity index (χ3n) is 1.91. The molecule has 0 atom stereocenters. The van der Waals surface area contributed by atoms with E-state index in [4.69, 9.17) is 5.11 Å². The number of H-pyrrole nitrogens is 1. The number of aromatic nitrogens is 4. The van der Waals surface area contributed by atoms with Crippen LogP contribution in [0.4, 0.5) is 0 Å². The summed E-state index contributed by atoms with van der Waals surface area (Å²) in [6, 6.07) is 0. The molecule has 90 valence electrons. The van der Waals surface area contributed by atoms with Crippen LogP contribution in [-0.2, 0) is 4.79 Å². The SMILES string of the molecule is Cc1nc(C)c(-c2nc(SCC(=O)O)n[nH]2)s1. The van der Waals surface area contributed by atoms with Crippen molar-refractivity contribution in [2.75, 3.05) is 5.75 Å². The molecule has 2 rings (SSSR count). The third-order valence-corrected chi connectivity index (χ3v) is 3.82. The van der Waals surface area contributed by atoms with E-state index in [0.717, 1.165) is 27.3 Å². The maximum absolute atomic E-state index is 10.4. The van der Waals surface area contributed by atoms with Gasteiger partial charge in [-0.15, -0.1) is 16.4 Å². The van der Waals surface area contributed by atoms with E-state index in [-0.39, 0.29) is 5.75 Å². The Kier molecular flexibility index (Phi) is 3.43. The number of aryl methyl sites for hydroxylation is 2. The van der Waals surface area contributed by atoms with Crippen molar-refractivity contribution >= 4 is 29.1 Å². The van der Waals surface area contributed by atoms with Gasteiger partial charge in [-0.25, -0.2) is 9.97 Å². The molecule has 0 spiro atoms. The number of carboxylic acids is 1. The van der Waals surface area contributed by atoms with Crippen LogP contribution in [0.1, 0.15) is 10.7 Å². The van der Waals surface area contributed by atoms with E-state index in [1.54, 1.807) is 0 Å². The van der Waals surface area contributed by atoms with Crippen molar-refractivity contribution in [3.63, 3.8) is 0 Å². The molecule has 0 bridgehead atoms. The highest BCUT2D eigenvalue weighted by Crippen LogP contribution is 2.27. The molecule has 0 aromatic carbocycles. The van der Waals surface area contributed by atoms with E-state index < -0.39 is 5.97 Å². The fourth-order valence-electron chi connectivity index (χ4n) is 1.29. The molecular weight excluding hydrogens is 260 g/mol. The van der Waals surface area contributed by atoms with Crippen molar-refractivity contribution in [1.29, 1.82) is 0 Å². The quantitative estimate of drug-likeness (QED) is 0.822. The summed E-state index contributed by atoms with van der Waals surface area (Å²) in [7, 11) is 0. The van der Waals surface area contributed by atoms with Gasteiger partial charge in [-0.3, -0.25) is 9.89 Å². The summed E-state index contributed by atoms with van der Waals surface area (Å²) in [6.07, 6.45) is 0. The number of nitrogens with zero attached hydrogens (tertiary/aromatic N) is 3. The summed E-state index contributed by atoms with van der Waals surface area (Å²) < 4.78 is 0. The number of carbonyl (C=O) groups is 1. The Morgan fingerprint density at radius 1 is 1.47 bits per heavy atom. The molecule has 0 saturated carbocycles. The first-order chi connectivity index (χ1) is 8.06. The van der Waals surface area contributed by atoms with Gasteiger partial charge in [-0.2, -0.15) is 0 Å². The zero-order valence-electron chi connectivity index (χ0n) is 9.22. The number of nitrogens with one attached hydrogen (secondary N) is 1. The Labute approximate surface area is 106 Å². The lowest BCUT2D eigenvalue weighted by Crippen LogP contribution is -1.97. The number of hydrogen-bond acceptors (Lipinski definition) is 6. The Morgan fingerprint density at radius 2 is 2.24 bits per heavy atom. The highest BCUT2D eigenvalue weighted by atomic mass is 32.2. The van der Waals surface area contributed by atoms with Gasteiger partial charge in [0.15, 0.2) is 5.82 Å². The lowest BCUT2D eigenvalue weighted by molar-refractivity contribution is -0.133. The van der Waals surface area contributed by atoms with Gasteiger partial charge in [-0.05, 0) is 13.8 Å². The van der Waals surface area contributed by atoms with Crippen LogP contribution in [0.15, 0.2) is 5.16 Å². The third kappa shape index (κ3) is 2.83. The summed E-state index contributed by atoms with van der Waals surface area (Å²) in [6.45, 7) is 3.84. The molecule has 2 aromatic heterocycles. The van der Waals surface area contributed by atoms with Gasteiger partial charge >= 0.3 is 5.97 Å². The number of rotatable bonds is 4. The largest absolute Gasteiger partial charge is 0.481 e. The van der Waals surface area contributed by atoms with Crippen molar-refractivity contribution in [3.05, 3.63) is 10.7 Å². The van der Waals surface area contributed by atoms with Crippen LogP contribution in [-0.4, -0.2) is 37.0 Å². The number of aliphatic carboxylic acids is 1. The van der Waals surface area contributed by atoms with Crippen molar-refractivity contribution in [1.82, 2.24) is 20.2 Å². The maximum atomic E-state index is 10.4. The smallest absolute Gasteiger partial charge is 0.313 e. The van der Waals surface area contributed by atoms with E-state index in [2.05, 4.69) is 20.2 Å². The minimum absolute atomic E-state index is 0.0437. The van der Waals surface area contributed by atoms with Crippen molar-refractivity contribution in [2.24, 2.45) is 0 Å². The van der Waals surface area contributed by atoms with E-state index in [0.29, 0.717) is 11.0 Å². The summed E-state index contributed by atoms with van der Waals surface area (Å²) in [5.41, 5.74) is 0.901. The van der Waals surface area contributed by atoms with Gasteiger partial charge in [-0.1, -0.05) is 11.8 Å². The van der Waals surface area contributed by atoms with Crippen molar-refractivity contribution < 1.29 is 9.90 Å². The predicted molar refractivity (Wildman–Crippen MR) is 65.3 cm³/mol. The molecule has 0 radical (unpaired) electrons. The molecule has 0 fully saturated rings. The molecule has 0 unspecified atom stereocenters. The summed E-state index contributed by atoms with van der Waals surface area (Å²) >= 11 is 2.62. The van der Waals surface area contributed by atoms with Crippen LogP contribution in [0.2, 0.25) is 0 Å².